The molecule has 5 nitrogen and oxygen atoms in total. The third kappa shape index (κ3) is 4.63. The Morgan fingerprint density at radius 1 is 1.48 bits per heavy atom. The molecule has 0 aromatic heterocycles. The predicted octanol–water partition coefficient (Wildman–Crippen LogP) is 1.21. The number of rotatable bonds is 3. The maximum absolute atomic E-state index is 12.1. The second-order valence-electron chi connectivity index (χ2n) is 4.52. The second kappa shape index (κ2) is 8.52. The van der Waals surface area contributed by atoms with Gasteiger partial charge in [-0.25, -0.2) is 0 Å². The molecule has 1 amide bonds. The molecule has 1 aromatic carbocycles. The number of hydrogen-bond donors (Lipinski definition) is 2. The number of carbonyl (C=O) groups is 1. The van der Waals surface area contributed by atoms with Crippen LogP contribution in [0.2, 0.25) is 0 Å². The van der Waals surface area contributed by atoms with Crippen LogP contribution < -0.4 is 15.5 Å². The number of nitrogens with one attached hydrogen (secondary N) is 2. The van der Waals surface area contributed by atoms with E-state index in [1.54, 1.807) is 11.9 Å². The highest BCUT2D eigenvalue weighted by molar-refractivity contribution is 14.0. The molecule has 1 unspecified atom stereocenters. The lowest BCUT2D eigenvalue weighted by Crippen LogP contribution is -2.44. The zero-order chi connectivity index (χ0) is 14.4. The van der Waals surface area contributed by atoms with E-state index in [0.717, 1.165) is 5.69 Å². The molecule has 2 rings (SSSR count). The molecule has 1 saturated heterocycles. The SMILES string of the molecule is C#CCNC(=NC)NC1CC(=O)N(c2ccccc2)C1.I. The molecule has 1 aliphatic heterocycles. The van der Waals surface area contributed by atoms with Gasteiger partial charge in [0.1, 0.15) is 0 Å². The van der Waals surface area contributed by atoms with Gasteiger partial charge in [0.25, 0.3) is 0 Å². The Hall–Kier alpha value is -1.75. The predicted molar refractivity (Wildman–Crippen MR) is 95.9 cm³/mol. The molecule has 0 aliphatic carbocycles. The van der Waals surface area contributed by atoms with Gasteiger partial charge in [-0.05, 0) is 12.1 Å². The van der Waals surface area contributed by atoms with Gasteiger partial charge >= 0.3 is 0 Å². The van der Waals surface area contributed by atoms with Gasteiger partial charge in [-0.2, -0.15) is 0 Å². The van der Waals surface area contributed by atoms with E-state index in [2.05, 4.69) is 21.5 Å². The smallest absolute Gasteiger partial charge is 0.229 e. The number of aliphatic imine (C=N–C) groups is 1. The highest BCUT2D eigenvalue weighted by atomic mass is 127. The van der Waals surface area contributed by atoms with Gasteiger partial charge in [0.2, 0.25) is 5.91 Å². The number of anilines is 1. The van der Waals surface area contributed by atoms with Crippen LogP contribution in [-0.2, 0) is 4.79 Å². The molecule has 0 bridgehead atoms. The maximum atomic E-state index is 12.1. The molecule has 21 heavy (non-hydrogen) atoms. The number of terminal acetylenes is 1. The van der Waals surface area contributed by atoms with E-state index in [0.29, 0.717) is 25.5 Å². The fraction of sp³-hybridized carbons (Fsp3) is 0.333. The van der Waals surface area contributed by atoms with Crippen LogP contribution in [0.4, 0.5) is 5.69 Å². The minimum Gasteiger partial charge on any atom is -0.351 e. The average molecular weight is 398 g/mol. The zero-order valence-electron chi connectivity index (χ0n) is 11.9. The lowest BCUT2D eigenvalue weighted by molar-refractivity contribution is -0.117. The molecule has 6 heteroatoms. The first-order valence-electron chi connectivity index (χ1n) is 6.50. The Morgan fingerprint density at radius 3 is 2.81 bits per heavy atom. The van der Waals surface area contributed by atoms with Crippen LogP contribution >= 0.6 is 24.0 Å². The van der Waals surface area contributed by atoms with Crippen molar-refractivity contribution in [2.45, 2.75) is 12.5 Å². The van der Waals surface area contributed by atoms with Crippen LogP contribution in [0.1, 0.15) is 6.42 Å². The maximum Gasteiger partial charge on any atom is 0.229 e. The van der Waals surface area contributed by atoms with Gasteiger partial charge in [0, 0.05) is 25.7 Å². The highest BCUT2D eigenvalue weighted by Gasteiger charge is 2.30. The molecule has 112 valence electrons. The number of guanidine groups is 1. The lowest BCUT2D eigenvalue weighted by Gasteiger charge is -2.18. The van der Waals surface area contributed by atoms with E-state index in [4.69, 9.17) is 6.42 Å². The van der Waals surface area contributed by atoms with Gasteiger partial charge in [-0.3, -0.25) is 9.79 Å². The summed E-state index contributed by atoms with van der Waals surface area (Å²) in [6.07, 6.45) is 5.65. The van der Waals surface area contributed by atoms with Crippen molar-refractivity contribution in [3.63, 3.8) is 0 Å². The zero-order valence-corrected chi connectivity index (χ0v) is 14.2. The summed E-state index contributed by atoms with van der Waals surface area (Å²) in [7, 11) is 1.68. The third-order valence-corrected chi connectivity index (χ3v) is 3.12. The van der Waals surface area contributed by atoms with Crippen molar-refractivity contribution in [2.24, 2.45) is 4.99 Å². The first kappa shape index (κ1) is 17.3. The number of amides is 1. The Kier molecular flexibility index (Phi) is 7.02. The third-order valence-electron chi connectivity index (χ3n) is 3.12. The Balaban J connectivity index is 0.00000220. The van der Waals surface area contributed by atoms with E-state index in [-0.39, 0.29) is 35.9 Å². The molecule has 0 radical (unpaired) electrons. The van der Waals surface area contributed by atoms with Crippen molar-refractivity contribution in [1.82, 2.24) is 10.6 Å². The highest BCUT2D eigenvalue weighted by Crippen LogP contribution is 2.20. The van der Waals surface area contributed by atoms with Crippen molar-refractivity contribution >= 4 is 41.5 Å². The Bertz CT molecular complexity index is 538. The number of halogens is 1. The van der Waals surface area contributed by atoms with Crippen molar-refractivity contribution in [3.8, 4) is 12.3 Å². The minimum absolute atomic E-state index is 0. The summed E-state index contributed by atoms with van der Waals surface area (Å²) in [6, 6.07) is 9.70. The summed E-state index contributed by atoms with van der Waals surface area (Å²) >= 11 is 0. The van der Waals surface area contributed by atoms with Gasteiger partial charge in [-0.15, -0.1) is 30.4 Å². The Labute approximate surface area is 142 Å². The normalized spacial score (nSPS) is 17.9. The summed E-state index contributed by atoms with van der Waals surface area (Å²) in [5, 5.41) is 6.20. The van der Waals surface area contributed by atoms with Crippen LogP contribution in [0.15, 0.2) is 35.3 Å². The van der Waals surface area contributed by atoms with Crippen molar-refractivity contribution in [3.05, 3.63) is 30.3 Å². The van der Waals surface area contributed by atoms with Gasteiger partial charge in [0.15, 0.2) is 5.96 Å². The van der Waals surface area contributed by atoms with Gasteiger partial charge in [0.05, 0.1) is 12.6 Å². The Morgan fingerprint density at radius 2 is 2.19 bits per heavy atom. The summed E-state index contributed by atoms with van der Waals surface area (Å²) < 4.78 is 0. The fourth-order valence-electron chi connectivity index (χ4n) is 2.18. The van der Waals surface area contributed by atoms with Gasteiger partial charge < -0.3 is 15.5 Å². The topological polar surface area (TPSA) is 56.7 Å². The monoisotopic (exact) mass is 398 g/mol. The summed E-state index contributed by atoms with van der Waals surface area (Å²) in [5.74, 6) is 3.22. The van der Waals surface area contributed by atoms with E-state index in [9.17, 15) is 4.79 Å². The minimum atomic E-state index is 0. The summed E-state index contributed by atoms with van der Waals surface area (Å²) in [6.45, 7) is 1.03. The summed E-state index contributed by atoms with van der Waals surface area (Å²) in [5.41, 5.74) is 0.924. The fourth-order valence-corrected chi connectivity index (χ4v) is 2.18. The largest absolute Gasteiger partial charge is 0.351 e. The molecule has 0 saturated carbocycles. The van der Waals surface area contributed by atoms with Crippen LogP contribution in [0.3, 0.4) is 0 Å². The molecule has 1 aromatic rings. The quantitative estimate of drug-likeness (QED) is 0.348. The number of para-hydroxylation sites is 1. The van der Waals surface area contributed by atoms with Crippen molar-refractivity contribution < 1.29 is 4.79 Å². The van der Waals surface area contributed by atoms with E-state index in [1.807, 2.05) is 30.3 Å². The molecule has 1 atom stereocenters. The number of carbonyl (C=O) groups excluding carboxylic acids is 1. The van der Waals surface area contributed by atoms with E-state index < -0.39 is 0 Å². The first-order chi connectivity index (χ1) is 9.74. The molecule has 0 spiro atoms. The number of nitrogens with zero attached hydrogens (tertiary/aromatic N) is 2. The van der Waals surface area contributed by atoms with Crippen LogP contribution in [0, 0.1) is 12.3 Å². The lowest BCUT2D eigenvalue weighted by atomic mass is 10.2. The molecule has 1 aliphatic rings. The van der Waals surface area contributed by atoms with Crippen LogP contribution in [0.5, 0.6) is 0 Å². The van der Waals surface area contributed by atoms with Crippen molar-refractivity contribution in [2.75, 3.05) is 25.0 Å². The average Bonchev–Trinajstić information content (AvgIpc) is 2.85. The van der Waals surface area contributed by atoms with Crippen molar-refractivity contribution in [1.29, 1.82) is 0 Å². The molecule has 2 N–H and O–H groups in total. The number of benzene rings is 1. The van der Waals surface area contributed by atoms with Crippen LogP contribution in [-0.4, -0.2) is 38.0 Å². The van der Waals surface area contributed by atoms with E-state index >= 15 is 0 Å². The molecular formula is C15H19IN4O. The number of hydrogen-bond acceptors (Lipinski definition) is 2. The van der Waals surface area contributed by atoms with Crippen LogP contribution in [0.25, 0.3) is 0 Å². The van der Waals surface area contributed by atoms with E-state index in [1.165, 1.54) is 0 Å². The summed E-state index contributed by atoms with van der Waals surface area (Å²) in [4.78, 5) is 17.9. The first-order valence-corrected chi connectivity index (χ1v) is 6.50. The molecule has 1 heterocycles. The molecule has 1 fully saturated rings. The standard InChI is InChI=1S/C15H18N4O.HI/c1-3-9-17-15(16-2)18-12-10-14(20)19(11-12)13-7-5-4-6-8-13;/h1,4-8,12H,9-11H2,2H3,(H2,16,17,18);1H. The van der Waals surface area contributed by atoms with Gasteiger partial charge in [-0.1, -0.05) is 24.1 Å². The molecular weight excluding hydrogens is 379 g/mol. The second-order valence-corrected chi connectivity index (χ2v) is 4.52.